The van der Waals surface area contributed by atoms with Gasteiger partial charge in [0, 0.05) is 25.2 Å². The first-order chi connectivity index (χ1) is 12.5. The van der Waals surface area contributed by atoms with Gasteiger partial charge in [-0.15, -0.1) is 0 Å². The molecule has 8 heteroatoms. The minimum absolute atomic E-state index is 0.0865. The molecule has 2 atom stereocenters. The van der Waals surface area contributed by atoms with E-state index in [-0.39, 0.29) is 22.8 Å². The Bertz CT molecular complexity index is 942. The van der Waals surface area contributed by atoms with Crippen LogP contribution in [-0.4, -0.2) is 47.5 Å². The smallest absolute Gasteiger partial charge is 0.153 e. The maximum Gasteiger partial charge on any atom is 0.153 e. The van der Waals surface area contributed by atoms with E-state index in [0.29, 0.717) is 18.9 Å². The topological polar surface area (TPSA) is 103 Å². The van der Waals surface area contributed by atoms with Gasteiger partial charge in [0.25, 0.3) is 0 Å². The van der Waals surface area contributed by atoms with Crippen molar-refractivity contribution in [3.8, 4) is 6.07 Å². The van der Waals surface area contributed by atoms with Gasteiger partial charge >= 0.3 is 0 Å². The molecule has 0 aromatic carbocycles. The number of hydrogen-bond donors (Lipinski definition) is 1. The highest BCUT2D eigenvalue weighted by Gasteiger charge is 2.40. The normalized spacial score (nSPS) is 28.6. The molecule has 0 saturated heterocycles. The average Bonchev–Trinajstić information content (AvgIpc) is 3.25. The molecule has 2 saturated carbocycles. The Balaban J connectivity index is 1.37. The highest BCUT2D eigenvalue weighted by molar-refractivity contribution is 7.92. The molecule has 0 spiro atoms. The molecule has 7 nitrogen and oxygen atoms in total. The molecular weight excluding hydrogens is 350 g/mol. The van der Waals surface area contributed by atoms with Crippen LogP contribution in [-0.2, 0) is 9.84 Å². The maximum atomic E-state index is 12.6. The van der Waals surface area contributed by atoms with E-state index >= 15 is 0 Å². The van der Waals surface area contributed by atoms with Crippen molar-refractivity contribution in [2.45, 2.75) is 43.4 Å². The van der Waals surface area contributed by atoms with Gasteiger partial charge in [-0.25, -0.2) is 18.4 Å². The lowest BCUT2D eigenvalue weighted by molar-refractivity contribution is 0.281. The van der Waals surface area contributed by atoms with Crippen molar-refractivity contribution in [2.24, 2.45) is 11.8 Å². The second kappa shape index (κ2) is 6.54. The van der Waals surface area contributed by atoms with Gasteiger partial charge in [0.1, 0.15) is 17.8 Å². The molecule has 0 bridgehead atoms. The Morgan fingerprint density at radius 2 is 2.12 bits per heavy atom. The molecule has 2 heterocycles. The highest BCUT2D eigenvalue weighted by atomic mass is 32.2. The summed E-state index contributed by atoms with van der Waals surface area (Å²) in [5, 5.41) is 9.66. The van der Waals surface area contributed by atoms with Crippen molar-refractivity contribution in [1.82, 2.24) is 15.0 Å². The number of nitrogens with one attached hydrogen (secondary N) is 1. The second-order valence-electron chi connectivity index (χ2n) is 7.63. The largest absolute Gasteiger partial charge is 0.356 e. The van der Waals surface area contributed by atoms with E-state index in [1.807, 2.05) is 19.3 Å². The van der Waals surface area contributed by atoms with Crippen molar-refractivity contribution < 1.29 is 8.42 Å². The first-order valence-corrected chi connectivity index (χ1v) is 10.8. The number of aromatic nitrogens is 3. The van der Waals surface area contributed by atoms with E-state index in [1.165, 1.54) is 0 Å². The Labute approximate surface area is 153 Å². The van der Waals surface area contributed by atoms with Crippen LogP contribution in [0.3, 0.4) is 0 Å². The Morgan fingerprint density at radius 1 is 1.31 bits per heavy atom. The Hall–Kier alpha value is -2.14. The molecule has 0 aliphatic heterocycles. The van der Waals surface area contributed by atoms with Crippen molar-refractivity contribution >= 4 is 26.7 Å². The van der Waals surface area contributed by atoms with Gasteiger partial charge in [-0.3, -0.25) is 0 Å². The van der Waals surface area contributed by atoms with Gasteiger partial charge in [0.05, 0.1) is 22.5 Å². The zero-order valence-electron chi connectivity index (χ0n) is 14.8. The average molecular weight is 373 g/mol. The molecule has 0 unspecified atom stereocenters. The number of H-pyrrole nitrogens is 1. The molecule has 4 rings (SSSR count). The van der Waals surface area contributed by atoms with Gasteiger partial charge < -0.3 is 9.88 Å². The SMILES string of the molecule is CN(c1ncnc2[nH]ccc12)C1CC(CS(=O)(=O)[C@@H]2CC[C@@H](C#N)C2)C1. The summed E-state index contributed by atoms with van der Waals surface area (Å²) in [5.74, 6) is 1.26. The van der Waals surface area contributed by atoms with Crippen LogP contribution in [0.1, 0.15) is 32.1 Å². The van der Waals surface area contributed by atoms with Crippen molar-refractivity contribution in [3.05, 3.63) is 18.6 Å². The number of aromatic amines is 1. The fourth-order valence-corrected chi connectivity index (χ4v) is 6.54. The molecule has 2 aliphatic rings. The summed E-state index contributed by atoms with van der Waals surface area (Å²) < 4.78 is 25.3. The summed E-state index contributed by atoms with van der Waals surface area (Å²) >= 11 is 0. The zero-order chi connectivity index (χ0) is 18.3. The minimum Gasteiger partial charge on any atom is -0.356 e. The third-order valence-corrected chi connectivity index (χ3v) is 8.35. The minimum atomic E-state index is -3.10. The predicted molar refractivity (Wildman–Crippen MR) is 99.3 cm³/mol. The Kier molecular flexibility index (Phi) is 4.35. The summed E-state index contributed by atoms with van der Waals surface area (Å²) in [6.45, 7) is 0. The third-order valence-electron chi connectivity index (χ3n) is 5.97. The number of nitriles is 1. The molecule has 2 aromatic rings. The number of anilines is 1. The summed E-state index contributed by atoms with van der Waals surface area (Å²) in [5.41, 5.74) is 0.814. The molecule has 1 N–H and O–H groups in total. The lowest BCUT2D eigenvalue weighted by Crippen LogP contribution is -2.46. The lowest BCUT2D eigenvalue weighted by atomic mass is 9.81. The van der Waals surface area contributed by atoms with Gasteiger partial charge in [-0.2, -0.15) is 5.26 Å². The van der Waals surface area contributed by atoms with Crippen molar-refractivity contribution in [1.29, 1.82) is 5.26 Å². The molecule has 26 heavy (non-hydrogen) atoms. The molecule has 2 fully saturated rings. The van der Waals surface area contributed by atoms with Crippen LogP contribution in [0.5, 0.6) is 0 Å². The van der Waals surface area contributed by atoms with Crippen LogP contribution in [0.4, 0.5) is 5.82 Å². The summed E-state index contributed by atoms with van der Waals surface area (Å²) in [4.78, 5) is 13.9. The van der Waals surface area contributed by atoms with E-state index in [4.69, 9.17) is 5.26 Å². The van der Waals surface area contributed by atoms with E-state index in [0.717, 1.165) is 36.1 Å². The molecule has 0 amide bonds. The van der Waals surface area contributed by atoms with Gasteiger partial charge in [0.15, 0.2) is 9.84 Å². The van der Waals surface area contributed by atoms with Gasteiger partial charge in [0.2, 0.25) is 0 Å². The molecular formula is C18H23N5O2S. The standard InChI is InChI=1S/C18H23N5O2S/c1-23(18-16-4-5-20-17(16)21-11-22-18)14-6-13(7-14)10-26(24,25)15-3-2-12(8-15)9-19/h4-5,11-15H,2-3,6-8,10H2,1H3,(H,20,21,22)/t12-,13?,14?,15-/m1/s1. The van der Waals surface area contributed by atoms with Crippen LogP contribution < -0.4 is 4.90 Å². The lowest BCUT2D eigenvalue weighted by Gasteiger charge is -2.42. The number of fused-ring (bicyclic) bond motifs is 1. The number of hydrogen-bond acceptors (Lipinski definition) is 6. The van der Waals surface area contributed by atoms with Crippen molar-refractivity contribution in [2.75, 3.05) is 17.7 Å². The molecule has 2 aliphatic carbocycles. The monoisotopic (exact) mass is 373 g/mol. The number of sulfone groups is 1. The van der Waals surface area contributed by atoms with E-state index in [2.05, 4.69) is 25.9 Å². The first kappa shape index (κ1) is 17.3. The van der Waals surface area contributed by atoms with Gasteiger partial charge in [-0.1, -0.05) is 0 Å². The fourth-order valence-electron chi connectivity index (χ4n) is 4.31. The second-order valence-corrected chi connectivity index (χ2v) is 9.96. The van der Waals surface area contributed by atoms with Crippen LogP contribution in [0.25, 0.3) is 11.0 Å². The number of rotatable bonds is 5. The highest BCUT2D eigenvalue weighted by Crippen LogP contribution is 2.38. The van der Waals surface area contributed by atoms with E-state index < -0.39 is 9.84 Å². The van der Waals surface area contributed by atoms with E-state index in [9.17, 15) is 8.42 Å². The van der Waals surface area contributed by atoms with Crippen LogP contribution in [0.15, 0.2) is 18.6 Å². The van der Waals surface area contributed by atoms with Crippen LogP contribution >= 0.6 is 0 Å². The summed E-state index contributed by atoms with van der Waals surface area (Å²) in [7, 11) is -1.09. The third kappa shape index (κ3) is 3.05. The number of nitrogens with zero attached hydrogens (tertiary/aromatic N) is 4. The fraction of sp³-hybridized carbons (Fsp3) is 0.611. The molecule has 0 radical (unpaired) electrons. The quantitative estimate of drug-likeness (QED) is 0.862. The van der Waals surface area contributed by atoms with Crippen LogP contribution in [0, 0.1) is 23.2 Å². The van der Waals surface area contributed by atoms with Crippen LogP contribution in [0.2, 0.25) is 0 Å². The molecule has 2 aromatic heterocycles. The zero-order valence-corrected chi connectivity index (χ0v) is 15.6. The predicted octanol–water partition coefficient (Wildman–Crippen LogP) is 2.28. The van der Waals surface area contributed by atoms with E-state index in [1.54, 1.807) is 6.33 Å². The molecule has 138 valence electrons. The van der Waals surface area contributed by atoms with Gasteiger partial charge in [-0.05, 0) is 44.1 Å². The first-order valence-electron chi connectivity index (χ1n) is 9.10. The van der Waals surface area contributed by atoms with Crippen molar-refractivity contribution in [3.63, 3.8) is 0 Å². The summed E-state index contributed by atoms with van der Waals surface area (Å²) in [6.07, 6.45) is 7.00. The maximum absolute atomic E-state index is 12.6. The summed E-state index contributed by atoms with van der Waals surface area (Å²) in [6, 6.07) is 4.48. The Morgan fingerprint density at radius 3 is 2.85 bits per heavy atom.